The number of hydrogen-bond donors (Lipinski definition) is 1. The number of halogens is 4. The lowest BCUT2D eigenvalue weighted by Crippen LogP contribution is -2.19. The Bertz CT molecular complexity index is 234. The van der Waals surface area contributed by atoms with Gasteiger partial charge in [-0.15, -0.1) is 12.4 Å². The summed E-state index contributed by atoms with van der Waals surface area (Å²) in [7, 11) is 0. The SMILES string of the molecule is Cl.NC(CC(F)(F)F)c1ccsc1. The molecule has 0 saturated carbocycles. The Labute approximate surface area is 84.2 Å². The molecule has 76 valence electrons. The van der Waals surface area contributed by atoms with Crippen molar-refractivity contribution in [2.75, 3.05) is 0 Å². The van der Waals surface area contributed by atoms with Crippen LogP contribution in [0, 0.1) is 0 Å². The predicted octanol–water partition coefficient (Wildman–Crippen LogP) is 3.12. The number of rotatable bonds is 2. The van der Waals surface area contributed by atoms with Crippen LogP contribution in [0.5, 0.6) is 0 Å². The Morgan fingerprint density at radius 2 is 2.08 bits per heavy atom. The molecule has 1 unspecified atom stereocenters. The van der Waals surface area contributed by atoms with Crippen LogP contribution in [0.1, 0.15) is 18.0 Å². The zero-order chi connectivity index (χ0) is 9.19. The zero-order valence-electron chi connectivity index (χ0n) is 6.54. The Hall–Kier alpha value is -0.260. The number of nitrogens with two attached hydrogens (primary N) is 1. The highest BCUT2D eigenvalue weighted by atomic mass is 35.5. The Balaban J connectivity index is 0.00000144. The van der Waals surface area contributed by atoms with Gasteiger partial charge in [-0.25, -0.2) is 0 Å². The molecule has 0 aliphatic rings. The molecule has 0 amide bonds. The fraction of sp³-hybridized carbons (Fsp3) is 0.429. The monoisotopic (exact) mass is 231 g/mol. The first-order valence-electron chi connectivity index (χ1n) is 3.33. The minimum absolute atomic E-state index is 0. The van der Waals surface area contributed by atoms with Gasteiger partial charge in [0.05, 0.1) is 6.42 Å². The van der Waals surface area contributed by atoms with Crippen molar-refractivity contribution in [1.82, 2.24) is 0 Å². The third kappa shape index (κ3) is 4.50. The van der Waals surface area contributed by atoms with E-state index in [0.29, 0.717) is 5.56 Å². The van der Waals surface area contributed by atoms with E-state index >= 15 is 0 Å². The van der Waals surface area contributed by atoms with E-state index in [1.165, 1.54) is 11.3 Å². The molecule has 0 fully saturated rings. The standard InChI is InChI=1S/C7H8F3NS.ClH/c8-7(9,10)3-6(11)5-1-2-12-4-5;/h1-2,4,6H,3,11H2;1H. The third-order valence-electron chi connectivity index (χ3n) is 1.42. The highest BCUT2D eigenvalue weighted by Crippen LogP contribution is 2.28. The number of thiophene rings is 1. The average molecular weight is 232 g/mol. The van der Waals surface area contributed by atoms with Crippen molar-refractivity contribution in [2.24, 2.45) is 5.73 Å². The van der Waals surface area contributed by atoms with Gasteiger partial charge in [-0.1, -0.05) is 0 Å². The van der Waals surface area contributed by atoms with Crippen molar-refractivity contribution in [1.29, 1.82) is 0 Å². The maximum atomic E-state index is 11.8. The summed E-state index contributed by atoms with van der Waals surface area (Å²) in [4.78, 5) is 0. The van der Waals surface area contributed by atoms with Crippen LogP contribution in [0.25, 0.3) is 0 Å². The van der Waals surface area contributed by atoms with Crippen molar-refractivity contribution in [3.05, 3.63) is 22.4 Å². The van der Waals surface area contributed by atoms with E-state index in [-0.39, 0.29) is 12.4 Å². The molecule has 13 heavy (non-hydrogen) atoms. The first kappa shape index (κ1) is 12.7. The molecule has 0 radical (unpaired) electrons. The smallest absolute Gasteiger partial charge is 0.324 e. The second-order valence-electron chi connectivity index (χ2n) is 2.48. The van der Waals surface area contributed by atoms with Gasteiger partial charge in [0.1, 0.15) is 0 Å². The second-order valence-corrected chi connectivity index (χ2v) is 3.26. The van der Waals surface area contributed by atoms with E-state index in [1.54, 1.807) is 16.8 Å². The maximum absolute atomic E-state index is 11.8. The third-order valence-corrected chi connectivity index (χ3v) is 2.12. The highest BCUT2D eigenvalue weighted by molar-refractivity contribution is 7.07. The first-order chi connectivity index (χ1) is 5.49. The van der Waals surface area contributed by atoms with E-state index < -0.39 is 18.6 Å². The van der Waals surface area contributed by atoms with Crippen LogP contribution in [0.2, 0.25) is 0 Å². The molecule has 1 nitrogen and oxygen atoms in total. The average Bonchev–Trinajstić information content (AvgIpc) is 2.32. The normalized spacial score (nSPS) is 13.5. The van der Waals surface area contributed by atoms with Gasteiger partial charge in [0.25, 0.3) is 0 Å². The van der Waals surface area contributed by atoms with Gasteiger partial charge in [0.15, 0.2) is 0 Å². The van der Waals surface area contributed by atoms with Crippen molar-refractivity contribution >= 4 is 23.7 Å². The quantitative estimate of drug-likeness (QED) is 0.832. The van der Waals surface area contributed by atoms with Crippen LogP contribution >= 0.6 is 23.7 Å². The molecule has 1 heterocycles. The minimum Gasteiger partial charge on any atom is -0.324 e. The lowest BCUT2D eigenvalue weighted by molar-refractivity contribution is -0.138. The molecule has 0 aromatic carbocycles. The molecule has 1 rings (SSSR count). The lowest BCUT2D eigenvalue weighted by Gasteiger charge is -2.12. The van der Waals surface area contributed by atoms with E-state index in [1.807, 2.05) is 0 Å². The molecule has 0 bridgehead atoms. The van der Waals surface area contributed by atoms with E-state index in [0.717, 1.165) is 0 Å². The number of hydrogen-bond acceptors (Lipinski definition) is 2. The molecule has 0 spiro atoms. The van der Waals surface area contributed by atoms with E-state index in [9.17, 15) is 13.2 Å². The van der Waals surface area contributed by atoms with Crippen molar-refractivity contribution in [3.63, 3.8) is 0 Å². The molecule has 1 aromatic heterocycles. The van der Waals surface area contributed by atoms with Crippen LogP contribution in [0.3, 0.4) is 0 Å². The summed E-state index contributed by atoms with van der Waals surface area (Å²) in [6.07, 6.45) is -5.13. The molecule has 1 atom stereocenters. The van der Waals surface area contributed by atoms with Crippen LogP contribution in [-0.4, -0.2) is 6.18 Å². The van der Waals surface area contributed by atoms with Crippen LogP contribution in [0.15, 0.2) is 16.8 Å². The van der Waals surface area contributed by atoms with E-state index in [4.69, 9.17) is 5.73 Å². The van der Waals surface area contributed by atoms with Crippen molar-refractivity contribution in [3.8, 4) is 0 Å². The molecule has 6 heteroatoms. The maximum Gasteiger partial charge on any atom is 0.390 e. The zero-order valence-corrected chi connectivity index (χ0v) is 8.18. The summed E-state index contributed by atoms with van der Waals surface area (Å²) in [6, 6.07) is 0.692. The van der Waals surface area contributed by atoms with Crippen LogP contribution < -0.4 is 5.73 Å². The molecule has 0 aliphatic carbocycles. The summed E-state index contributed by atoms with van der Waals surface area (Å²) in [5.74, 6) is 0. The van der Waals surface area contributed by atoms with Gasteiger partial charge in [0.2, 0.25) is 0 Å². The summed E-state index contributed by atoms with van der Waals surface area (Å²) < 4.78 is 35.5. The molecular weight excluding hydrogens is 223 g/mol. The minimum atomic E-state index is -4.18. The highest BCUT2D eigenvalue weighted by Gasteiger charge is 2.30. The summed E-state index contributed by atoms with van der Waals surface area (Å²) >= 11 is 1.35. The summed E-state index contributed by atoms with van der Waals surface area (Å²) in [6.45, 7) is 0. The van der Waals surface area contributed by atoms with Crippen molar-refractivity contribution in [2.45, 2.75) is 18.6 Å². The Kier molecular flexibility index (Phi) is 4.74. The fourth-order valence-electron chi connectivity index (χ4n) is 0.853. The topological polar surface area (TPSA) is 26.0 Å². The molecular formula is C7H9ClF3NS. The fourth-order valence-corrected chi connectivity index (χ4v) is 1.58. The molecule has 2 N–H and O–H groups in total. The van der Waals surface area contributed by atoms with Gasteiger partial charge < -0.3 is 5.73 Å². The molecule has 1 aromatic rings. The van der Waals surface area contributed by atoms with Crippen LogP contribution in [0.4, 0.5) is 13.2 Å². The first-order valence-corrected chi connectivity index (χ1v) is 4.28. The van der Waals surface area contributed by atoms with Gasteiger partial charge in [-0.3, -0.25) is 0 Å². The largest absolute Gasteiger partial charge is 0.390 e. The van der Waals surface area contributed by atoms with Gasteiger partial charge in [-0.05, 0) is 22.4 Å². The Morgan fingerprint density at radius 3 is 2.46 bits per heavy atom. The summed E-state index contributed by atoms with van der Waals surface area (Å²) in [5.41, 5.74) is 5.87. The predicted molar refractivity (Wildman–Crippen MR) is 49.2 cm³/mol. The lowest BCUT2D eigenvalue weighted by atomic mass is 10.1. The van der Waals surface area contributed by atoms with Crippen LogP contribution in [-0.2, 0) is 0 Å². The Morgan fingerprint density at radius 1 is 1.46 bits per heavy atom. The summed E-state index contributed by atoms with van der Waals surface area (Å²) in [5, 5.41) is 3.35. The van der Waals surface area contributed by atoms with Gasteiger partial charge in [-0.2, -0.15) is 24.5 Å². The van der Waals surface area contributed by atoms with Crippen molar-refractivity contribution < 1.29 is 13.2 Å². The number of alkyl halides is 3. The van der Waals surface area contributed by atoms with Gasteiger partial charge >= 0.3 is 6.18 Å². The second kappa shape index (κ2) is 4.83. The molecule has 0 saturated heterocycles. The van der Waals surface area contributed by atoms with E-state index in [2.05, 4.69) is 0 Å². The molecule has 0 aliphatic heterocycles. The van der Waals surface area contributed by atoms with Gasteiger partial charge in [0, 0.05) is 6.04 Å².